The molecule has 1 aromatic carbocycles. The Labute approximate surface area is 114 Å². The van der Waals surface area contributed by atoms with Crippen LogP contribution in [0.2, 0.25) is 0 Å². The summed E-state index contributed by atoms with van der Waals surface area (Å²) >= 11 is 0. The van der Waals surface area contributed by atoms with Crippen molar-refractivity contribution >= 4 is 21.6 Å². The summed E-state index contributed by atoms with van der Waals surface area (Å²) in [6.45, 7) is 3.67. The third-order valence-electron chi connectivity index (χ3n) is 2.83. The Bertz CT molecular complexity index is 555. The molecular formula is C13H20N2O3S. The molecule has 0 saturated carbocycles. The fourth-order valence-corrected chi connectivity index (χ4v) is 3.20. The van der Waals surface area contributed by atoms with E-state index in [0.29, 0.717) is 12.1 Å². The predicted octanol–water partition coefficient (Wildman–Crippen LogP) is 1.29. The van der Waals surface area contributed by atoms with Gasteiger partial charge in [0.1, 0.15) is 6.04 Å². The van der Waals surface area contributed by atoms with Crippen molar-refractivity contribution in [2.45, 2.75) is 26.3 Å². The third-order valence-corrected chi connectivity index (χ3v) is 4.01. The second-order valence-corrected chi connectivity index (χ2v) is 6.30. The lowest BCUT2D eigenvalue weighted by Crippen LogP contribution is -2.48. The summed E-state index contributed by atoms with van der Waals surface area (Å²) in [5.41, 5.74) is 1.45. The van der Waals surface area contributed by atoms with Gasteiger partial charge in [-0.05, 0) is 31.0 Å². The Morgan fingerprint density at radius 3 is 2.47 bits per heavy atom. The van der Waals surface area contributed by atoms with E-state index in [1.54, 1.807) is 25.1 Å². The number of aryl methyl sites for hydroxylation is 1. The van der Waals surface area contributed by atoms with Gasteiger partial charge in [-0.15, -0.1) is 0 Å². The van der Waals surface area contributed by atoms with Gasteiger partial charge in [0.2, 0.25) is 15.9 Å². The summed E-state index contributed by atoms with van der Waals surface area (Å²) in [4.78, 5) is 11.9. The summed E-state index contributed by atoms with van der Waals surface area (Å²) < 4.78 is 25.2. The number of hydrogen-bond donors (Lipinski definition) is 1. The molecule has 0 spiro atoms. The van der Waals surface area contributed by atoms with Gasteiger partial charge in [-0.25, -0.2) is 8.42 Å². The molecule has 0 aromatic heterocycles. The van der Waals surface area contributed by atoms with E-state index >= 15 is 0 Å². The lowest BCUT2D eigenvalue weighted by atomic mass is 10.1. The Hall–Kier alpha value is -1.56. The first-order chi connectivity index (χ1) is 8.81. The molecule has 0 fully saturated rings. The van der Waals surface area contributed by atoms with Crippen molar-refractivity contribution in [2.24, 2.45) is 0 Å². The number of carbonyl (C=O) groups is 1. The van der Waals surface area contributed by atoms with Crippen LogP contribution in [0.4, 0.5) is 5.69 Å². The van der Waals surface area contributed by atoms with E-state index in [0.717, 1.165) is 11.8 Å². The van der Waals surface area contributed by atoms with Crippen LogP contribution in [0.25, 0.3) is 0 Å². The highest BCUT2D eigenvalue weighted by Crippen LogP contribution is 2.23. The number of benzene rings is 1. The van der Waals surface area contributed by atoms with Gasteiger partial charge in [-0.1, -0.05) is 19.1 Å². The number of likely N-dealkylation sites (N-methyl/N-ethyl adjacent to an activating group) is 1. The Kier molecular flexibility index (Phi) is 4.94. The second-order valence-electron chi connectivity index (χ2n) is 4.44. The van der Waals surface area contributed by atoms with Gasteiger partial charge in [0.25, 0.3) is 0 Å². The van der Waals surface area contributed by atoms with E-state index in [4.69, 9.17) is 0 Å². The molecule has 0 heterocycles. The molecule has 5 nitrogen and oxygen atoms in total. The first-order valence-electron chi connectivity index (χ1n) is 6.09. The van der Waals surface area contributed by atoms with Gasteiger partial charge < -0.3 is 5.32 Å². The maximum absolute atomic E-state index is 12.0. The van der Waals surface area contributed by atoms with Gasteiger partial charge in [0.15, 0.2) is 0 Å². The monoisotopic (exact) mass is 284 g/mol. The number of rotatable bonds is 5. The number of hydrogen-bond acceptors (Lipinski definition) is 3. The molecule has 106 valence electrons. The predicted molar refractivity (Wildman–Crippen MR) is 76.6 cm³/mol. The van der Waals surface area contributed by atoms with E-state index in [1.165, 1.54) is 11.4 Å². The van der Waals surface area contributed by atoms with Crippen molar-refractivity contribution in [1.82, 2.24) is 5.32 Å². The third kappa shape index (κ3) is 3.70. The van der Waals surface area contributed by atoms with E-state index in [1.807, 2.05) is 13.0 Å². The van der Waals surface area contributed by atoms with Crippen molar-refractivity contribution in [3.8, 4) is 0 Å². The Balaban J connectivity index is 3.34. The number of anilines is 1. The average molecular weight is 284 g/mol. The SMILES string of the molecule is CC[C@@H](C(=O)NC)N(c1cccc(C)c1)S(C)(=O)=O. The fourth-order valence-electron chi connectivity index (χ4n) is 1.99. The smallest absolute Gasteiger partial charge is 0.243 e. The summed E-state index contributed by atoms with van der Waals surface area (Å²) in [6, 6.07) is 6.37. The van der Waals surface area contributed by atoms with Crippen LogP contribution in [-0.2, 0) is 14.8 Å². The molecule has 0 bridgehead atoms. The second kappa shape index (κ2) is 6.06. The highest BCUT2D eigenvalue weighted by molar-refractivity contribution is 7.92. The first-order valence-corrected chi connectivity index (χ1v) is 7.93. The Morgan fingerprint density at radius 2 is 2.05 bits per heavy atom. The zero-order valence-electron chi connectivity index (χ0n) is 11.7. The lowest BCUT2D eigenvalue weighted by Gasteiger charge is -2.29. The van der Waals surface area contributed by atoms with Crippen LogP contribution < -0.4 is 9.62 Å². The van der Waals surface area contributed by atoms with Crippen LogP contribution in [-0.4, -0.2) is 33.7 Å². The minimum Gasteiger partial charge on any atom is -0.357 e. The topological polar surface area (TPSA) is 66.5 Å². The van der Waals surface area contributed by atoms with Crippen molar-refractivity contribution < 1.29 is 13.2 Å². The largest absolute Gasteiger partial charge is 0.357 e. The molecule has 0 saturated heterocycles. The minimum absolute atomic E-state index is 0.311. The summed E-state index contributed by atoms with van der Waals surface area (Å²) in [5, 5.41) is 2.51. The molecule has 1 aromatic rings. The molecule has 1 amide bonds. The summed E-state index contributed by atoms with van der Waals surface area (Å²) in [5.74, 6) is -0.311. The van der Waals surface area contributed by atoms with Gasteiger partial charge in [-0.3, -0.25) is 9.10 Å². The maximum atomic E-state index is 12.0. The van der Waals surface area contributed by atoms with E-state index in [-0.39, 0.29) is 5.91 Å². The molecule has 0 aliphatic carbocycles. The highest BCUT2D eigenvalue weighted by atomic mass is 32.2. The van der Waals surface area contributed by atoms with Crippen LogP contribution in [0.1, 0.15) is 18.9 Å². The van der Waals surface area contributed by atoms with E-state index in [9.17, 15) is 13.2 Å². The van der Waals surface area contributed by atoms with E-state index in [2.05, 4.69) is 5.32 Å². The zero-order valence-corrected chi connectivity index (χ0v) is 12.5. The summed E-state index contributed by atoms with van der Waals surface area (Å²) in [7, 11) is -2.03. The number of nitrogens with one attached hydrogen (secondary N) is 1. The molecule has 1 N–H and O–H groups in total. The quantitative estimate of drug-likeness (QED) is 0.886. The standard InChI is InChI=1S/C13H20N2O3S/c1-5-12(13(16)14-3)15(19(4,17)18)11-8-6-7-10(2)9-11/h6-9,12H,5H2,1-4H3,(H,14,16)/t12-/m0/s1. The van der Waals surface area contributed by atoms with Gasteiger partial charge >= 0.3 is 0 Å². The van der Waals surface area contributed by atoms with Crippen molar-refractivity contribution in [3.63, 3.8) is 0 Å². The maximum Gasteiger partial charge on any atom is 0.243 e. The molecule has 0 aliphatic heterocycles. The summed E-state index contributed by atoms with van der Waals surface area (Å²) in [6.07, 6.45) is 1.52. The molecule has 6 heteroatoms. The van der Waals surface area contributed by atoms with Crippen LogP contribution >= 0.6 is 0 Å². The molecule has 1 atom stereocenters. The molecule has 0 unspecified atom stereocenters. The van der Waals surface area contributed by atoms with Crippen LogP contribution in [0.15, 0.2) is 24.3 Å². The lowest BCUT2D eigenvalue weighted by molar-refractivity contribution is -0.121. The van der Waals surface area contributed by atoms with Gasteiger partial charge in [-0.2, -0.15) is 0 Å². The molecule has 19 heavy (non-hydrogen) atoms. The van der Waals surface area contributed by atoms with Crippen molar-refractivity contribution in [2.75, 3.05) is 17.6 Å². The van der Waals surface area contributed by atoms with Crippen LogP contribution in [0.3, 0.4) is 0 Å². The number of sulfonamides is 1. The van der Waals surface area contributed by atoms with E-state index < -0.39 is 16.1 Å². The minimum atomic E-state index is -3.53. The van der Waals surface area contributed by atoms with Crippen molar-refractivity contribution in [3.05, 3.63) is 29.8 Å². The van der Waals surface area contributed by atoms with Crippen LogP contribution in [0, 0.1) is 6.92 Å². The number of carbonyl (C=O) groups excluding carboxylic acids is 1. The zero-order chi connectivity index (χ0) is 14.6. The van der Waals surface area contributed by atoms with Crippen LogP contribution in [0.5, 0.6) is 0 Å². The van der Waals surface area contributed by atoms with Crippen molar-refractivity contribution in [1.29, 1.82) is 0 Å². The number of nitrogens with zero attached hydrogens (tertiary/aromatic N) is 1. The molecular weight excluding hydrogens is 264 g/mol. The first kappa shape index (κ1) is 15.5. The van der Waals surface area contributed by atoms with Gasteiger partial charge in [0, 0.05) is 7.05 Å². The molecule has 0 aliphatic rings. The molecule has 1 rings (SSSR count). The normalized spacial score (nSPS) is 12.8. The highest BCUT2D eigenvalue weighted by Gasteiger charge is 2.30. The molecule has 0 radical (unpaired) electrons. The number of amides is 1. The average Bonchev–Trinajstić information content (AvgIpc) is 2.33. The Morgan fingerprint density at radius 1 is 1.42 bits per heavy atom. The fraction of sp³-hybridized carbons (Fsp3) is 0.462. The van der Waals surface area contributed by atoms with Gasteiger partial charge in [0.05, 0.1) is 11.9 Å².